The van der Waals surface area contributed by atoms with Gasteiger partial charge in [0.2, 0.25) is 0 Å². The quantitative estimate of drug-likeness (QED) is 0.452. The predicted molar refractivity (Wildman–Crippen MR) is 85.5 cm³/mol. The molecule has 2 aromatic carbocycles. The highest BCUT2D eigenvalue weighted by molar-refractivity contribution is 6.39. The molecule has 0 saturated heterocycles. The first-order valence-corrected chi connectivity index (χ1v) is 6.66. The lowest BCUT2D eigenvalue weighted by atomic mass is 10.2. The van der Waals surface area contributed by atoms with Gasteiger partial charge in [0.15, 0.2) is 0 Å². The molecule has 3 N–H and O–H groups in total. The van der Waals surface area contributed by atoms with E-state index in [0.717, 1.165) is 0 Å². The molecule has 0 aliphatic rings. The van der Waals surface area contributed by atoms with Crippen LogP contribution in [0.15, 0.2) is 53.6 Å². The second-order valence-corrected chi connectivity index (χ2v) is 4.44. The molecule has 0 aromatic heterocycles. The summed E-state index contributed by atoms with van der Waals surface area (Å²) in [6.07, 6.45) is 1.21. The fraction of sp³-hybridized carbons (Fsp3) is 0.0625. The Kier molecular flexibility index (Phi) is 5.30. The summed E-state index contributed by atoms with van der Waals surface area (Å²) >= 11 is 0. The molecule has 0 fully saturated rings. The molecule has 0 saturated carbocycles. The maximum absolute atomic E-state index is 11.7. The fourth-order valence-corrected chi connectivity index (χ4v) is 1.68. The molecule has 7 heteroatoms. The number of nitrogens with zero attached hydrogens (tertiary/aromatic N) is 1. The summed E-state index contributed by atoms with van der Waals surface area (Å²) in [5, 5.41) is 15.7. The zero-order valence-corrected chi connectivity index (χ0v) is 12.3. The zero-order chi connectivity index (χ0) is 16.7. The Morgan fingerprint density at radius 1 is 1.13 bits per heavy atom. The van der Waals surface area contributed by atoms with Gasteiger partial charge in [0.1, 0.15) is 11.5 Å². The second kappa shape index (κ2) is 7.60. The molecule has 0 bridgehead atoms. The van der Waals surface area contributed by atoms with Crippen LogP contribution in [-0.2, 0) is 9.59 Å². The number of ether oxygens (including phenoxy) is 1. The molecule has 0 atom stereocenters. The largest absolute Gasteiger partial charge is 0.507 e. The van der Waals surface area contributed by atoms with Crippen molar-refractivity contribution < 1.29 is 19.4 Å². The summed E-state index contributed by atoms with van der Waals surface area (Å²) in [7, 11) is 1.49. The first kappa shape index (κ1) is 16.0. The number of phenolic OH excluding ortho intramolecular Hbond substituents is 1. The topological polar surface area (TPSA) is 100 Å². The average Bonchev–Trinajstić information content (AvgIpc) is 2.57. The SMILES string of the molecule is COc1ccc(O)c(/C=N/NC(=O)C(=O)Nc2ccccc2)c1. The Morgan fingerprint density at radius 3 is 2.57 bits per heavy atom. The Balaban J connectivity index is 1.94. The van der Waals surface area contributed by atoms with Crippen LogP contribution in [0.5, 0.6) is 11.5 Å². The number of amides is 2. The molecule has 0 aliphatic heterocycles. The zero-order valence-electron chi connectivity index (χ0n) is 12.3. The minimum Gasteiger partial charge on any atom is -0.507 e. The fourth-order valence-electron chi connectivity index (χ4n) is 1.68. The van der Waals surface area contributed by atoms with Crippen LogP contribution in [0.3, 0.4) is 0 Å². The minimum atomic E-state index is -0.924. The summed E-state index contributed by atoms with van der Waals surface area (Å²) in [6, 6.07) is 13.1. The van der Waals surface area contributed by atoms with Gasteiger partial charge < -0.3 is 15.2 Å². The highest BCUT2D eigenvalue weighted by Crippen LogP contribution is 2.20. The Hall–Kier alpha value is -3.35. The van der Waals surface area contributed by atoms with Crippen molar-refractivity contribution in [2.24, 2.45) is 5.10 Å². The molecular weight excluding hydrogens is 298 g/mol. The average molecular weight is 313 g/mol. The minimum absolute atomic E-state index is 0.0301. The molecule has 0 spiro atoms. The number of nitrogens with one attached hydrogen (secondary N) is 2. The van der Waals surface area contributed by atoms with Crippen molar-refractivity contribution in [2.45, 2.75) is 0 Å². The molecule has 7 nitrogen and oxygen atoms in total. The van der Waals surface area contributed by atoms with Gasteiger partial charge in [0.05, 0.1) is 13.3 Å². The number of carbonyl (C=O) groups is 2. The van der Waals surface area contributed by atoms with Gasteiger partial charge in [-0.3, -0.25) is 9.59 Å². The van der Waals surface area contributed by atoms with Gasteiger partial charge in [-0.05, 0) is 30.3 Å². The van der Waals surface area contributed by atoms with Crippen LogP contribution >= 0.6 is 0 Å². The van der Waals surface area contributed by atoms with Gasteiger partial charge >= 0.3 is 11.8 Å². The number of phenols is 1. The first-order chi connectivity index (χ1) is 11.1. The van der Waals surface area contributed by atoms with Crippen molar-refractivity contribution in [3.8, 4) is 11.5 Å². The molecule has 2 amide bonds. The number of carbonyl (C=O) groups excluding carboxylic acids is 2. The molecule has 0 radical (unpaired) electrons. The van der Waals surface area contributed by atoms with Crippen LogP contribution in [0.4, 0.5) is 5.69 Å². The monoisotopic (exact) mass is 313 g/mol. The third-order valence-electron chi connectivity index (χ3n) is 2.84. The maximum Gasteiger partial charge on any atom is 0.329 e. The van der Waals surface area contributed by atoms with Crippen LogP contribution in [-0.4, -0.2) is 30.2 Å². The van der Waals surface area contributed by atoms with E-state index in [0.29, 0.717) is 17.0 Å². The van der Waals surface area contributed by atoms with E-state index in [1.807, 2.05) is 0 Å². The number of aromatic hydroxyl groups is 1. The number of rotatable bonds is 4. The molecule has 2 rings (SSSR count). The smallest absolute Gasteiger partial charge is 0.329 e. The first-order valence-electron chi connectivity index (χ1n) is 6.66. The van der Waals surface area contributed by atoms with Crippen LogP contribution in [0.25, 0.3) is 0 Å². The number of anilines is 1. The molecule has 118 valence electrons. The van der Waals surface area contributed by atoms with E-state index >= 15 is 0 Å². The lowest BCUT2D eigenvalue weighted by molar-refractivity contribution is -0.136. The summed E-state index contributed by atoms with van der Waals surface area (Å²) in [5.74, 6) is -1.27. The van der Waals surface area contributed by atoms with Gasteiger partial charge in [0, 0.05) is 11.3 Å². The Morgan fingerprint density at radius 2 is 1.87 bits per heavy atom. The van der Waals surface area contributed by atoms with Gasteiger partial charge in [-0.25, -0.2) is 5.43 Å². The van der Waals surface area contributed by atoms with Crippen molar-refractivity contribution in [3.05, 3.63) is 54.1 Å². The van der Waals surface area contributed by atoms with E-state index in [2.05, 4.69) is 15.8 Å². The summed E-state index contributed by atoms with van der Waals surface area (Å²) in [5.41, 5.74) is 2.93. The van der Waals surface area contributed by atoms with Gasteiger partial charge in [-0.15, -0.1) is 0 Å². The normalized spacial score (nSPS) is 10.3. The third kappa shape index (κ3) is 4.57. The Labute approximate surface area is 132 Å². The molecule has 0 aliphatic carbocycles. The number of hydrogen-bond acceptors (Lipinski definition) is 5. The highest BCUT2D eigenvalue weighted by atomic mass is 16.5. The lowest BCUT2D eigenvalue weighted by Crippen LogP contribution is -2.32. The summed E-state index contributed by atoms with van der Waals surface area (Å²) in [4.78, 5) is 23.3. The van der Waals surface area contributed by atoms with Crippen molar-refractivity contribution >= 4 is 23.7 Å². The predicted octanol–water partition coefficient (Wildman–Crippen LogP) is 1.49. The molecule has 2 aromatic rings. The maximum atomic E-state index is 11.7. The van der Waals surface area contributed by atoms with E-state index in [1.165, 1.54) is 25.5 Å². The van der Waals surface area contributed by atoms with E-state index in [1.54, 1.807) is 36.4 Å². The van der Waals surface area contributed by atoms with Gasteiger partial charge in [-0.2, -0.15) is 5.10 Å². The van der Waals surface area contributed by atoms with Crippen molar-refractivity contribution in [2.75, 3.05) is 12.4 Å². The standard InChI is InChI=1S/C16H15N3O4/c1-23-13-7-8-14(20)11(9-13)10-17-19-16(22)15(21)18-12-5-3-2-4-6-12/h2-10,20H,1H3,(H,18,21)(H,19,22)/b17-10+. The number of methoxy groups -OCH3 is 1. The number of benzene rings is 2. The summed E-state index contributed by atoms with van der Waals surface area (Å²) in [6.45, 7) is 0. The van der Waals surface area contributed by atoms with E-state index in [9.17, 15) is 14.7 Å². The van der Waals surface area contributed by atoms with Crippen LogP contribution < -0.4 is 15.5 Å². The number of hydrazone groups is 1. The molecule has 23 heavy (non-hydrogen) atoms. The lowest BCUT2D eigenvalue weighted by Gasteiger charge is -2.04. The van der Waals surface area contributed by atoms with Gasteiger partial charge in [0.25, 0.3) is 0 Å². The van der Waals surface area contributed by atoms with Crippen LogP contribution in [0, 0.1) is 0 Å². The van der Waals surface area contributed by atoms with E-state index < -0.39 is 11.8 Å². The number of para-hydroxylation sites is 1. The van der Waals surface area contributed by atoms with Crippen LogP contribution in [0.2, 0.25) is 0 Å². The second-order valence-electron chi connectivity index (χ2n) is 4.44. The Bertz CT molecular complexity index is 729. The number of hydrogen-bond donors (Lipinski definition) is 3. The van der Waals surface area contributed by atoms with E-state index in [4.69, 9.17) is 4.74 Å². The van der Waals surface area contributed by atoms with Crippen LogP contribution in [0.1, 0.15) is 5.56 Å². The third-order valence-corrected chi connectivity index (χ3v) is 2.84. The highest BCUT2D eigenvalue weighted by Gasteiger charge is 2.12. The molecule has 0 heterocycles. The van der Waals surface area contributed by atoms with Crippen molar-refractivity contribution in [1.29, 1.82) is 0 Å². The van der Waals surface area contributed by atoms with Gasteiger partial charge in [-0.1, -0.05) is 18.2 Å². The van der Waals surface area contributed by atoms with Crippen molar-refractivity contribution in [3.63, 3.8) is 0 Å². The molecule has 0 unspecified atom stereocenters. The van der Waals surface area contributed by atoms with E-state index in [-0.39, 0.29) is 5.75 Å². The molecular formula is C16H15N3O4. The summed E-state index contributed by atoms with van der Waals surface area (Å²) < 4.78 is 5.02. The van der Waals surface area contributed by atoms with Crippen molar-refractivity contribution in [1.82, 2.24) is 5.43 Å².